The molecule has 142 valence electrons. The summed E-state index contributed by atoms with van der Waals surface area (Å²) < 4.78 is 1.95. The standard InChI is InChI=1S/C21H20N4O3/c1-14-17(24-11-5-4-9-18(24)23-14)13-22-19(26)10-6-12-25-20(27)15-7-2-3-8-16(15)21(25)28/h2-5,7-9,11H,6,10,12-13H2,1H3,(H,22,26). The molecule has 0 fully saturated rings. The van der Waals surface area contributed by atoms with Crippen molar-refractivity contribution in [3.63, 3.8) is 0 Å². The molecule has 0 radical (unpaired) electrons. The minimum atomic E-state index is -0.289. The molecule has 1 N–H and O–H groups in total. The van der Waals surface area contributed by atoms with Crippen molar-refractivity contribution < 1.29 is 14.4 Å². The lowest BCUT2D eigenvalue weighted by Crippen LogP contribution is -2.32. The van der Waals surface area contributed by atoms with Gasteiger partial charge in [-0.1, -0.05) is 18.2 Å². The fraction of sp³-hybridized carbons (Fsp3) is 0.238. The van der Waals surface area contributed by atoms with Gasteiger partial charge in [-0.25, -0.2) is 4.98 Å². The van der Waals surface area contributed by atoms with Crippen LogP contribution in [0.5, 0.6) is 0 Å². The maximum atomic E-state index is 12.3. The molecule has 0 saturated heterocycles. The number of carbonyl (C=O) groups is 3. The zero-order chi connectivity index (χ0) is 19.7. The third-order valence-corrected chi connectivity index (χ3v) is 4.95. The molecule has 2 aromatic heterocycles. The van der Waals surface area contributed by atoms with E-state index >= 15 is 0 Å². The van der Waals surface area contributed by atoms with Crippen LogP contribution in [0.25, 0.3) is 5.65 Å². The van der Waals surface area contributed by atoms with Gasteiger partial charge in [0.05, 0.1) is 29.1 Å². The fourth-order valence-corrected chi connectivity index (χ4v) is 3.49. The number of aryl methyl sites for hydroxylation is 1. The van der Waals surface area contributed by atoms with E-state index in [0.717, 1.165) is 17.0 Å². The maximum Gasteiger partial charge on any atom is 0.261 e. The Morgan fingerprint density at radius 2 is 1.71 bits per heavy atom. The highest BCUT2D eigenvalue weighted by atomic mass is 16.2. The fourth-order valence-electron chi connectivity index (χ4n) is 3.49. The Hall–Kier alpha value is -3.48. The average Bonchev–Trinajstić information content (AvgIpc) is 3.15. The van der Waals surface area contributed by atoms with Crippen molar-refractivity contribution >= 4 is 23.4 Å². The zero-order valence-corrected chi connectivity index (χ0v) is 15.5. The van der Waals surface area contributed by atoms with E-state index < -0.39 is 0 Å². The van der Waals surface area contributed by atoms with Crippen LogP contribution < -0.4 is 5.32 Å². The second-order valence-electron chi connectivity index (χ2n) is 6.76. The lowest BCUT2D eigenvalue weighted by Gasteiger charge is -2.13. The van der Waals surface area contributed by atoms with Crippen molar-refractivity contribution in [1.29, 1.82) is 0 Å². The molecule has 0 bridgehead atoms. The molecular weight excluding hydrogens is 356 g/mol. The molecule has 0 spiro atoms. The van der Waals surface area contributed by atoms with Gasteiger partial charge in [0.15, 0.2) is 0 Å². The number of nitrogens with zero attached hydrogens (tertiary/aromatic N) is 3. The quantitative estimate of drug-likeness (QED) is 0.670. The molecule has 0 atom stereocenters. The zero-order valence-electron chi connectivity index (χ0n) is 15.5. The first kappa shape index (κ1) is 17.9. The van der Waals surface area contributed by atoms with Gasteiger partial charge in [0.1, 0.15) is 5.65 Å². The van der Waals surface area contributed by atoms with Gasteiger partial charge in [-0.05, 0) is 37.6 Å². The molecule has 3 heterocycles. The second kappa shape index (κ2) is 7.26. The minimum absolute atomic E-state index is 0.123. The van der Waals surface area contributed by atoms with Crippen LogP contribution in [0.3, 0.4) is 0 Å². The SMILES string of the molecule is Cc1nc2ccccn2c1CNC(=O)CCCN1C(=O)c2ccccc2C1=O. The van der Waals surface area contributed by atoms with E-state index in [-0.39, 0.29) is 30.7 Å². The smallest absolute Gasteiger partial charge is 0.261 e. The van der Waals surface area contributed by atoms with E-state index in [1.165, 1.54) is 4.90 Å². The lowest BCUT2D eigenvalue weighted by molar-refractivity contribution is -0.121. The van der Waals surface area contributed by atoms with E-state index in [1.54, 1.807) is 24.3 Å². The molecule has 0 unspecified atom stereocenters. The van der Waals surface area contributed by atoms with E-state index in [1.807, 2.05) is 35.7 Å². The largest absolute Gasteiger partial charge is 0.350 e. The molecule has 0 saturated carbocycles. The van der Waals surface area contributed by atoms with Crippen LogP contribution >= 0.6 is 0 Å². The topological polar surface area (TPSA) is 83.8 Å². The summed E-state index contributed by atoms with van der Waals surface area (Å²) in [6, 6.07) is 12.5. The molecule has 0 aliphatic carbocycles. The Morgan fingerprint density at radius 1 is 1.04 bits per heavy atom. The number of hydrogen-bond donors (Lipinski definition) is 1. The van der Waals surface area contributed by atoms with E-state index in [0.29, 0.717) is 24.1 Å². The number of nitrogens with one attached hydrogen (secondary N) is 1. The first-order chi connectivity index (χ1) is 13.6. The molecule has 1 aromatic carbocycles. The lowest BCUT2D eigenvalue weighted by atomic mass is 10.1. The number of hydrogen-bond acceptors (Lipinski definition) is 4. The predicted octanol–water partition coefficient (Wildman–Crippen LogP) is 2.34. The van der Waals surface area contributed by atoms with Crippen molar-refractivity contribution in [3.8, 4) is 0 Å². The summed E-state index contributed by atoms with van der Waals surface area (Å²) in [6.45, 7) is 2.52. The third-order valence-electron chi connectivity index (χ3n) is 4.95. The Morgan fingerprint density at radius 3 is 2.43 bits per heavy atom. The van der Waals surface area contributed by atoms with Gasteiger partial charge in [0, 0.05) is 19.2 Å². The number of fused-ring (bicyclic) bond motifs is 2. The third kappa shape index (κ3) is 3.15. The molecule has 3 aromatic rings. The second-order valence-corrected chi connectivity index (χ2v) is 6.76. The number of imidazole rings is 1. The predicted molar refractivity (Wildman–Crippen MR) is 103 cm³/mol. The monoisotopic (exact) mass is 376 g/mol. The Balaban J connectivity index is 1.30. The number of amides is 3. The highest BCUT2D eigenvalue weighted by Crippen LogP contribution is 2.22. The van der Waals surface area contributed by atoms with Crippen LogP contribution in [0.4, 0.5) is 0 Å². The van der Waals surface area contributed by atoms with Crippen molar-refractivity contribution in [1.82, 2.24) is 19.6 Å². The van der Waals surface area contributed by atoms with Gasteiger partial charge in [-0.2, -0.15) is 0 Å². The van der Waals surface area contributed by atoms with Gasteiger partial charge in [0.2, 0.25) is 5.91 Å². The van der Waals surface area contributed by atoms with Crippen LogP contribution in [0.1, 0.15) is 44.9 Å². The maximum absolute atomic E-state index is 12.3. The Bertz CT molecular complexity index is 1050. The summed E-state index contributed by atoms with van der Waals surface area (Å²) in [6.07, 6.45) is 2.58. The minimum Gasteiger partial charge on any atom is -0.350 e. The summed E-state index contributed by atoms with van der Waals surface area (Å²) in [5.41, 5.74) is 3.51. The highest BCUT2D eigenvalue weighted by molar-refractivity contribution is 6.21. The molecule has 7 heteroatoms. The van der Waals surface area contributed by atoms with Crippen molar-refractivity contribution in [3.05, 3.63) is 71.2 Å². The normalized spacial score (nSPS) is 13.2. The first-order valence-electron chi connectivity index (χ1n) is 9.21. The van der Waals surface area contributed by atoms with Crippen LogP contribution in [0.2, 0.25) is 0 Å². The van der Waals surface area contributed by atoms with E-state index in [9.17, 15) is 14.4 Å². The van der Waals surface area contributed by atoms with Gasteiger partial charge in [0.25, 0.3) is 11.8 Å². The number of rotatable bonds is 6. The van der Waals surface area contributed by atoms with Crippen LogP contribution in [0.15, 0.2) is 48.7 Å². The Labute approximate surface area is 162 Å². The number of imide groups is 1. The van der Waals surface area contributed by atoms with E-state index in [4.69, 9.17) is 0 Å². The molecule has 1 aliphatic rings. The van der Waals surface area contributed by atoms with Crippen molar-refractivity contribution in [2.24, 2.45) is 0 Å². The number of benzene rings is 1. The van der Waals surface area contributed by atoms with Crippen LogP contribution in [-0.4, -0.2) is 38.6 Å². The van der Waals surface area contributed by atoms with Gasteiger partial charge in [-0.3, -0.25) is 19.3 Å². The van der Waals surface area contributed by atoms with Crippen LogP contribution in [-0.2, 0) is 11.3 Å². The molecule has 1 aliphatic heterocycles. The average molecular weight is 376 g/mol. The van der Waals surface area contributed by atoms with Gasteiger partial charge < -0.3 is 9.72 Å². The molecule has 28 heavy (non-hydrogen) atoms. The summed E-state index contributed by atoms with van der Waals surface area (Å²) in [5.74, 6) is -0.702. The number of carbonyl (C=O) groups excluding carboxylic acids is 3. The number of aromatic nitrogens is 2. The first-order valence-corrected chi connectivity index (χ1v) is 9.21. The number of pyridine rings is 1. The van der Waals surface area contributed by atoms with Crippen molar-refractivity contribution in [2.75, 3.05) is 6.54 Å². The van der Waals surface area contributed by atoms with Crippen LogP contribution in [0, 0.1) is 6.92 Å². The Kier molecular flexibility index (Phi) is 4.65. The summed E-state index contributed by atoms with van der Waals surface area (Å²) in [7, 11) is 0. The molecule has 7 nitrogen and oxygen atoms in total. The summed E-state index contributed by atoms with van der Waals surface area (Å²) in [4.78, 5) is 42.5. The van der Waals surface area contributed by atoms with Gasteiger partial charge in [-0.15, -0.1) is 0 Å². The molecule has 3 amide bonds. The molecular formula is C21H20N4O3. The van der Waals surface area contributed by atoms with E-state index in [2.05, 4.69) is 10.3 Å². The highest BCUT2D eigenvalue weighted by Gasteiger charge is 2.34. The summed E-state index contributed by atoms with van der Waals surface area (Å²) >= 11 is 0. The molecule has 4 rings (SSSR count). The van der Waals surface area contributed by atoms with Gasteiger partial charge >= 0.3 is 0 Å². The summed E-state index contributed by atoms with van der Waals surface area (Å²) in [5, 5.41) is 2.89. The van der Waals surface area contributed by atoms with Crippen molar-refractivity contribution in [2.45, 2.75) is 26.3 Å².